The largest absolute Gasteiger partial charge is 0.353 e. The van der Waals surface area contributed by atoms with Gasteiger partial charge in [-0.2, -0.15) is 0 Å². The predicted octanol–water partition coefficient (Wildman–Crippen LogP) is 3.53. The van der Waals surface area contributed by atoms with E-state index in [0.717, 1.165) is 18.9 Å². The topological polar surface area (TPSA) is 48.5 Å². The fraction of sp³-hybridized carbons (Fsp3) is 0.368. The van der Waals surface area contributed by atoms with Gasteiger partial charge in [-0.1, -0.05) is 29.3 Å². The van der Waals surface area contributed by atoms with Crippen molar-refractivity contribution < 1.29 is 9.18 Å². The lowest BCUT2D eigenvalue weighted by Crippen LogP contribution is -2.51. The van der Waals surface area contributed by atoms with E-state index in [2.05, 4.69) is 15.2 Å². The summed E-state index contributed by atoms with van der Waals surface area (Å²) in [6, 6.07) is 8.21. The lowest BCUT2D eigenvalue weighted by atomic mass is 10.1. The highest BCUT2D eigenvalue weighted by atomic mass is 35.5. The number of carbonyl (C=O) groups excluding carboxylic acids is 1. The first kappa shape index (κ1) is 19.9. The van der Waals surface area contributed by atoms with Crippen molar-refractivity contribution in [2.75, 3.05) is 37.6 Å². The molecule has 144 valence electrons. The number of nitrogens with one attached hydrogen (secondary N) is 1. The standard InChI is InChI=1S/C19H21Cl2FN4O/c1-13(14-10-17(22)16(21)11-15(14)20)24-12-19(27)26-8-6-25(7-9-26)18-4-2-3-5-23-18/h2-5,10-11,13,24H,6-9,12H2,1H3/t13-/m1/s1. The third kappa shape index (κ3) is 4.89. The lowest BCUT2D eigenvalue weighted by Gasteiger charge is -2.35. The number of hydrogen-bond acceptors (Lipinski definition) is 4. The monoisotopic (exact) mass is 410 g/mol. The van der Waals surface area contributed by atoms with E-state index >= 15 is 0 Å². The molecule has 2 aromatic rings. The predicted molar refractivity (Wildman–Crippen MR) is 106 cm³/mol. The fourth-order valence-corrected chi connectivity index (χ4v) is 3.60. The Morgan fingerprint density at radius 2 is 1.96 bits per heavy atom. The molecule has 0 radical (unpaired) electrons. The number of aromatic nitrogens is 1. The summed E-state index contributed by atoms with van der Waals surface area (Å²) in [4.78, 5) is 20.8. The van der Waals surface area contributed by atoms with Gasteiger partial charge in [0.1, 0.15) is 11.6 Å². The van der Waals surface area contributed by atoms with E-state index in [1.54, 1.807) is 6.20 Å². The average molecular weight is 411 g/mol. The van der Waals surface area contributed by atoms with Crippen LogP contribution in [0.2, 0.25) is 10.0 Å². The minimum absolute atomic E-state index is 0.00748. The van der Waals surface area contributed by atoms with Gasteiger partial charge in [0.15, 0.2) is 0 Å². The third-order valence-corrected chi connectivity index (χ3v) is 5.29. The minimum Gasteiger partial charge on any atom is -0.353 e. The summed E-state index contributed by atoms with van der Waals surface area (Å²) in [5, 5.41) is 3.47. The second-order valence-electron chi connectivity index (χ2n) is 6.45. The number of hydrogen-bond donors (Lipinski definition) is 1. The van der Waals surface area contributed by atoms with Crippen LogP contribution >= 0.6 is 23.2 Å². The molecule has 1 aliphatic heterocycles. The molecule has 1 aliphatic rings. The SMILES string of the molecule is C[C@@H](NCC(=O)N1CCN(c2ccccn2)CC1)c1cc(F)c(Cl)cc1Cl. The first-order valence-corrected chi connectivity index (χ1v) is 9.53. The molecule has 1 amide bonds. The van der Waals surface area contributed by atoms with E-state index in [9.17, 15) is 9.18 Å². The van der Waals surface area contributed by atoms with Crippen LogP contribution in [0.4, 0.5) is 10.2 Å². The molecule has 1 atom stereocenters. The van der Waals surface area contributed by atoms with E-state index in [-0.39, 0.29) is 23.5 Å². The maximum Gasteiger partial charge on any atom is 0.236 e. The molecular formula is C19H21Cl2FN4O. The number of halogens is 3. The summed E-state index contributed by atoms with van der Waals surface area (Å²) < 4.78 is 13.7. The number of amides is 1. The summed E-state index contributed by atoms with van der Waals surface area (Å²) in [6.07, 6.45) is 1.77. The van der Waals surface area contributed by atoms with Gasteiger partial charge in [0, 0.05) is 43.4 Å². The van der Waals surface area contributed by atoms with Crippen LogP contribution in [0.25, 0.3) is 0 Å². The van der Waals surface area contributed by atoms with Crippen molar-refractivity contribution in [3.8, 4) is 0 Å². The maximum atomic E-state index is 13.7. The summed E-state index contributed by atoms with van der Waals surface area (Å²) in [5.41, 5.74) is 0.575. The Morgan fingerprint density at radius 1 is 1.22 bits per heavy atom. The lowest BCUT2D eigenvalue weighted by molar-refractivity contribution is -0.130. The summed E-state index contributed by atoms with van der Waals surface area (Å²) >= 11 is 11.9. The van der Waals surface area contributed by atoms with Gasteiger partial charge in [-0.15, -0.1) is 0 Å². The molecule has 0 spiro atoms. The van der Waals surface area contributed by atoms with E-state index in [1.807, 2.05) is 30.0 Å². The number of rotatable bonds is 5. The summed E-state index contributed by atoms with van der Waals surface area (Å²) in [7, 11) is 0. The Hall–Kier alpha value is -1.89. The van der Waals surface area contributed by atoms with E-state index < -0.39 is 5.82 Å². The molecule has 1 aromatic heterocycles. The van der Waals surface area contributed by atoms with Crippen LogP contribution in [-0.4, -0.2) is 48.5 Å². The van der Waals surface area contributed by atoms with Crippen LogP contribution in [0.15, 0.2) is 36.5 Å². The normalized spacial score (nSPS) is 15.7. The molecule has 27 heavy (non-hydrogen) atoms. The Labute approximate surface area is 168 Å². The summed E-state index contributed by atoms with van der Waals surface area (Å²) in [5.74, 6) is 0.408. The Kier molecular flexibility index (Phi) is 6.52. The zero-order valence-corrected chi connectivity index (χ0v) is 16.5. The highest BCUT2D eigenvalue weighted by Crippen LogP contribution is 2.28. The van der Waals surface area contributed by atoms with Gasteiger partial charge in [-0.3, -0.25) is 4.79 Å². The van der Waals surface area contributed by atoms with Crippen molar-refractivity contribution in [2.45, 2.75) is 13.0 Å². The number of carbonyl (C=O) groups is 1. The molecule has 0 saturated carbocycles. The zero-order valence-electron chi connectivity index (χ0n) is 15.0. The molecule has 1 aromatic carbocycles. The van der Waals surface area contributed by atoms with Crippen LogP contribution in [0.5, 0.6) is 0 Å². The Bertz CT molecular complexity index is 798. The number of nitrogens with zero attached hydrogens (tertiary/aromatic N) is 3. The third-order valence-electron chi connectivity index (χ3n) is 4.67. The molecule has 0 bridgehead atoms. The molecule has 1 N–H and O–H groups in total. The zero-order chi connectivity index (χ0) is 19.4. The molecule has 2 heterocycles. The van der Waals surface area contributed by atoms with Crippen molar-refractivity contribution in [2.24, 2.45) is 0 Å². The van der Waals surface area contributed by atoms with Crippen molar-refractivity contribution >= 4 is 34.9 Å². The molecule has 5 nitrogen and oxygen atoms in total. The molecular weight excluding hydrogens is 390 g/mol. The van der Waals surface area contributed by atoms with Gasteiger partial charge in [0.05, 0.1) is 11.6 Å². The van der Waals surface area contributed by atoms with Crippen LogP contribution in [0, 0.1) is 5.82 Å². The van der Waals surface area contributed by atoms with Crippen LogP contribution < -0.4 is 10.2 Å². The Balaban J connectivity index is 1.51. The first-order valence-electron chi connectivity index (χ1n) is 8.77. The van der Waals surface area contributed by atoms with Crippen molar-refractivity contribution in [1.82, 2.24) is 15.2 Å². The number of piperazine rings is 1. The second kappa shape index (κ2) is 8.87. The number of anilines is 1. The molecule has 1 fully saturated rings. The number of pyridine rings is 1. The van der Waals surface area contributed by atoms with Gasteiger partial charge in [-0.25, -0.2) is 9.37 Å². The van der Waals surface area contributed by atoms with E-state index in [1.165, 1.54) is 12.1 Å². The number of benzene rings is 1. The van der Waals surface area contributed by atoms with Crippen molar-refractivity contribution in [3.63, 3.8) is 0 Å². The highest BCUT2D eigenvalue weighted by molar-refractivity contribution is 6.35. The van der Waals surface area contributed by atoms with Gasteiger partial charge < -0.3 is 15.1 Å². The smallest absolute Gasteiger partial charge is 0.236 e. The van der Waals surface area contributed by atoms with Gasteiger partial charge >= 0.3 is 0 Å². The molecule has 0 unspecified atom stereocenters. The molecule has 0 aliphatic carbocycles. The highest BCUT2D eigenvalue weighted by Gasteiger charge is 2.22. The van der Waals surface area contributed by atoms with Crippen LogP contribution in [-0.2, 0) is 4.79 Å². The quantitative estimate of drug-likeness (QED) is 0.765. The van der Waals surface area contributed by atoms with Crippen molar-refractivity contribution in [3.05, 3.63) is 58.0 Å². The summed E-state index contributed by atoms with van der Waals surface area (Å²) in [6.45, 7) is 4.76. The van der Waals surface area contributed by atoms with Gasteiger partial charge in [-0.05, 0) is 36.8 Å². The molecule has 3 rings (SSSR count). The Morgan fingerprint density at radius 3 is 2.63 bits per heavy atom. The van der Waals surface area contributed by atoms with Crippen LogP contribution in [0.1, 0.15) is 18.5 Å². The fourth-order valence-electron chi connectivity index (χ4n) is 3.06. The minimum atomic E-state index is -0.526. The van der Waals surface area contributed by atoms with Crippen LogP contribution in [0.3, 0.4) is 0 Å². The molecule has 8 heteroatoms. The maximum absolute atomic E-state index is 13.7. The second-order valence-corrected chi connectivity index (χ2v) is 7.26. The average Bonchev–Trinajstić information content (AvgIpc) is 2.69. The van der Waals surface area contributed by atoms with E-state index in [4.69, 9.17) is 23.2 Å². The van der Waals surface area contributed by atoms with Gasteiger partial charge in [0.25, 0.3) is 0 Å². The van der Waals surface area contributed by atoms with E-state index in [0.29, 0.717) is 23.7 Å². The first-order chi connectivity index (χ1) is 13.0. The molecule has 1 saturated heterocycles. The van der Waals surface area contributed by atoms with Gasteiger partial charge in [0.2, 0.25) is 5.91 Å². The van der Waals surface area contributed by atoms with Crippen molar-refractivity contribution in [1.29, 1.82) is 0 Å².